The van der Waals surface area contributed by atoms with Gasteiger partial charge in [0.25, 0.3) is 0 Å². The van der Waals surface area contributed by atoms with E-state index in [9.17, 15) is 30.3 Å². The van der Waals surface area contributed by atoms with E-state index in [-0.39, 0.29) is 12.5 Å². The number of unbranched alkanes of at least 4 members (excludes halogenated alkanes) is 16. The van der Waals surface area contributed by atoms with E-state index in [0.717, 1.165) is 25.7 Å². The zero-order valence-electron chi connectivity index (χ0n) is 28.4. The molecule has 1 fully saturated rings. The smallest absolute Gasteiger partial charge is 0.220 e. The standard InChI is InChI=1S/C36H67NO8/c1-3-5-7-8-9-10-11-12-13-14-15-16-17-18-19-20-21-22-23-24-25-30(39)29(37-32(40)26-6-4-2)28-44-36-35(43)34(42)33(41)31(27-38)45-36/h20-21,24-25,29-31,33-36,38-39,41-43H,3-19,22-23,26-28H2,1-2H3,(H,37,40)/b21-20+,25-24+. The third-order valence-electron chi connectivity index (χ3n) is 8.53. The molecular weight excluding hydrogens is 574 g/mol. The third-order valence-corrected chi connectivity index (χ3v) is 8.53. The van der Waals surface area contributed by atoms with E-state index in [4.69, 9.17) is 9.47 Å². The summed E-state index contributed by atoms with van der Waals surface area (Å²) in [6, 6.07) is -0.811. The van der Waals surface area contributed by atoms with E-state index in [1.807, 2.05) is 13.0 Å². The van der Waals surface area contributed by atoms with Crippen molar-refractivity contribution < 1.29 is 39.8 Å². The summed E-state index contributed by atoms with van der Waals surface area (Å²) in [6.45, 7) is 3.48. The lowest BCUT2D eigenvalue weighted by molar-refractivity contribution is -0.302. The molecule has 0 spiro atoms. The lowest BCUT2D eigenvalue weighted by atomic mass is 9.99. The second-order valence-corrected chi connectivity index (χ2v) is 12.7. The van der Waals surface area contributed by atoms with Crippen molar-refractivity contribution in [2.45, 2.75) is 185 Å². The second kappa shape index (κ2) is 27.8. The van der Waals surface area contributed by atoms with Crippen LogP contribution in [0.5, 0.6) is 0 Å². The summed E-state index contributed by atoms with van der Waals surface area (Å²) in [4.78, 5) is 12.4. The van der Waals surface area contributed by atoms with Crippen LogP contribution in [-0.4, -0.2) is 87.5 Å². The first-order chi connectivity index (χ1) is 21.8. The van der Waals surface area contributed by atoms with Crippen LogP contribution in [0, 0.1) is 0 Å². The Hall–Kier alpha value is -1.33. The number of carbonyl (C=O) groups is 1. The number of rotatable bonds is 28. The Labute approximate surface area is 273 Å². The first-order valence-electron chi connectivity index (χ1n) is 18.1. The van der Waals surface area contributed by atoms with Gasteiger partial charge in [-0.1, -0.05) is 128 Å². The predicted molar refractivity (Wildman–Crippen MR) is 180 cm³/mol. The molecular formula is C36H67NO8. The average molecular weight is 642 g/mol. The van der Waals surface area contributed by atoms with E-state index in [2.05, 4.69) is 24.4 Å². The molecule has 0 aromatic carbocycles. The molecule has 1 amide bonds. The summed E-state index contributed by atoms with van der Waals surface area (Å²) in [5, 5.41) is 53.2. The molecule has 6 N–H and O–H groups in total. The van der Waals surface area contributed by atoms with Gasteiger partial charge in [0.05, 0.1) is 25.4 Å². The van der Waals surface area contributed by atoms with Gasteiger partial charge in [-0.15, -0.1) is 0 Å². The van der Waals surface area contributed by atoms with E-state index < -0.39 is 49.5 Å². The van der Waals surface area contributed by atoms with Crippen molar-refractivity contribution in [1.82, 2.24) is 5.32 Å². The van der Waals surface area contributed by atoms with E-state index in [1.54, 1.807) is 6.08 Å². The van der Waals surface area contributed by atoms with Gasteiger partial charge in [-0.2, -0.15) is 0 Å². The minimum absolute atomic E-state index is 0.203. The van der Waals surface area contributed by atoms with Crippen LogP contribution in [0.25, 0.3) is 0 Å². The quantitative estimate of drug-likeness (QED) is 0.0478. The number of amides is 1. The van der Waals surface area contributed by atoms with Crippen LogP contribution in [-0.2, 0) is 14.3 Å². The zero-order chi connectivity index (χ0) is 33.1. The molecule has 1 heterocycles. The molecule has 9 nitrogen and oxygen atoms in total. The number of aliphatic hydroxyl groups is 5. The summed E-state index contributed by atoms with van der Waals surface area (Å²) >= 11 is 0. The van der Waals surface area contributed by atoms with E-state index in [0.29, 0.717) is 12.8 Å². The highest BCUT2D eigenvalue weighted by Gasteiger charge is 2.44. The molecule has 0 aliphatic carbocycles. The molecule has 0 radical (unpaired) electrons. The first kappa shape index (κ1) is 41.7. The monoisotopic (exact) mass is 641 g/mol. The normalized spacial score (nSPS) is 23.6. The maximum atomic E-state index is 12.4. The fourth-order valence-electron chi connectivity index (χ4n) is 5.50. The van der Waals surface area contributed by atoms with Crippen LogP contribution < -0.4 is 5.32 Å². The Morgan fingerprint density at radius 3 is 1.84 bits per heavy atom. The Morgan fingerprint density at radius 2 is 1.27 bits per heavy atom. The topological polar surface area (TPSA) is 149 Å². The van der Waals surface area contributed by atoms with Crippen LogP contribution in [0.1, 0.15) is 142 Å². The largest absolute Gasteiger partial charge is 0.394 e. The molecule has 1 rings (SSSR count). The highest BCUT2D eigenvalue weighted by atomic mass is 16.7. The lowest BCUT2D eigenvalue weighted by Gasteiger charge is -2.40. The zero-order valence-corrected chi connectivity index (χ0v) is 28.4. The Morgan fingerprint density at radius 1 is 0.733 bits per heavy atom. The van der Waals surface area contributed by atoms with Gasteiger partial charge >= 0.3 is 0 Å². The maximum Gasteiger partial charge on any atom is 0.220 e. The molecule has 0 bridgehead atoms. The van der Waals surface area contributed by atoms with Crippen molar-refractivity contribution in [3.8, 4) is 0 Å². The van der Waals surface area contributed by atoms with Gasteiger partial charge in [0.1, 0.15) is 24.4 Å². The number of aliphatic hydroxyl groups excluding tert-OH is 5. The van der Waals surface area contributed by atoms with Crippen LogP contribution in [0.2, 0.25) is 0 Å². The molecule has 1 aliphatic heterocycles. The third kappa shape index (κ3) is 19.8. The maximum absolute atomic E-state index is 12.4. The number of hydrogen-bond donors (Lipinski definition) is 6. The van der Waals surface area contributed by atoms with Crippen LogP contribution >= 0.6 is 0 Å². The van der Waals surface area contributed by atoms with Gasteiger partial charge < -0.3 is 40.3 Å². The SMILES string of the molecule is CCCCCCCCCCCCCCCC/C=C/CC/C=C/C(O)C(COC1OC(CO)C(O)C(O)C1O)NC(=O)CCCC. The number of allylic oxidation sites excluding steroid dienone is 3. The molecule has 7 unspecified atom stereocenters. The first-order valence-corrected chi connectivity index (χ1v) is 18.1. The Balaban J connectivity index is 2.27. The van der Waals surface area contributed by atoms with Gasteiger partial charge in [-0.05, 0) is 32.1 Å². The molecule has 0 saturated carbocycles. The van der Waals surface area contributed by atoms with Gasteiger partial charge in [-0.3, -0.25) is 4.79 Å². The number of nitrogens with one attached hydrogen (secondary N) is 1. The number of carbonyl (C=O) groups excluding carboxylic acids is 1. The van der Waals surface area contributed by atoms with Gasteiger partial charge in [0.2, 0.25) is 5.91 Å². The molecule has 264 valence electrons. The van der Waals surface area contributed by atoms with E-state index in [1.165, 1.54) is 89.9 Å². The van der Waals surface area contributed by atoms with Crippen molar-refractivity contribution >= 4 is 5.91 Å². The molecule has 7 atom stereocenters. The summed E-state index contributed by atoms with van der Waals surface area (Å²) in [6.07, 6.45) is 23.5. The van der Waals surface area contributed by atoms with Crippen molar-refractivity contribution in [2.24, 2.45) is 0 Å². The number of hydrogen-bond acceptors (Lipinski definition) is 8. The van der Waals surface area contributed by atoms with Crippen molar-refractivity contribution in [3.63, 3.8) is 0 Å². The molecule has 1 saturated heterocycles. The highest BCUT2D eigenvalue weighted by Crippen LogP contribution is 2.22. The van der Waals surface area contributed by atoms with Crippen molar-refractivity contribution in [2.75, 3.05) is 13.2 Å². The fraction of sp³-hybridized carbons (Fsp3) is 0.861. The van der Waals surface area contributed by atoms with Crippen LogP contribution in [0.15, 0.2) is 24.3 Å². The summed E-state index contributed by atoms with van der Waals surface area (Å²) in [5.74, 6) is -0.224. The molecule has 45 heavy (non-hydrogen) atoms. The van der Waals surface area contributed by atoms with Crippen molar-refractivity contribution in [1.29, 1.82) is 0 Å². The van der Waals surface area contributed by atoms with Crippen LogP contribution in [0.4, 0.5) is 0 Å². The molecule has 0 aromatic rings. The van der Waals surface area contributed by atoms with Gasteiger partial charge in [-0.25, -0.2) is 0 Å². The summed E-state index contributed by atoms with van der Waals surface area (Å²) in [5.41, 5.74) is 0. The molecule has 1 aliphatic rings. The van der Waals surface area contributed by atoms with E-state index >= 15 is 0 Å². The van der Waals surface area contributed by atoms with Gasteiger partial charge in [0.15, 0.2) is 6.29 Å². The summed E-state index contributed by atoms with van der Waals surface area (Å²) < 4.78 is 11.0. The number of ether oxygens (including phenoxy) is 2. The average Bonchev–Trinajstić information content (AvgIpc) is 3.04. The molecule has 9 heteroatoms. The van der Waals surface area contributed by atoms with Gasteiger partial charge in [0, 0.05) is 6.42 Å². The van der Waals surface area contributed by atoms with Crippen LogP contribution in [0.3, 0.4) is 0 Å². The lowest BCUT2D eigenvalue weighted by Crippen LogP contribution is -2.60. The molecule has 0 aromatic heterocycles. The summed E-state index contributed by atoms with van der Waals surface area (Å²) in [7, 11) is 0. The minimum atomic E-state index is -1.56. The Bertz CT molecular complexity index is 761. The second-order valence-electron chi connectivity index (χ2n) is 12.7. The minimum Gasteiger partial charge on any atom is -0.394 e. The Kier molecular flexibility index (Phi) is 25.7. The fourth-order valence-corrected chi connectivity index (χ4v) is 5.50. The highest BCUT2D eigenvalue weighted by molar-refractivity contribution is 5.76. The van der Waals surface area contributed by atoms with Crippen molar-refractivity contribution in [3.05, 3.63) is 24.3 Å². The predicted octanol–water partition coefficient (Wildman–Crippen LogP) is 5.60.